The summed E-state index contributed by atoms with van der Waals surface area (Å²) in [6.45, 7) is 0.847. The van der Waals surface area contributed by atoms with E-state index in [2.05, 4.69) is 4.74 Å². The second-order valence-electron chi connectivity index (χ2n) is 3.83. The summed E-state index contributed by atoms with van der Waals surface area (Å²) in [6, 6.07) is 0. The van der Waals surface area contributed by atoms with Crippen LogP contribution in [-0.2, 0) is 19.1 Å². The highest BCUT2D eigenvalue weighted by Crippen LogP contribution is 2.19. The quantitative estimate of drug-likeness (QED) is 0.628. The minimum absolute atomic E-state index is 0.0696. The molecule has 1 rings (SSSR count). The molecule has 6 nitrogen and oxygen atoms in total. The Balaban J connectivity index is 2.36. The Labute approximate surface area is 93.7 Å². The lowest BCUT2D eigenvalue weighted by atomic mass is 10.1. The second-order valence-corrected chi connectivity index (χ2v) is 3.83. The maximum absolute atomic E-state index is 11.5. The van der Waals surface area contributed by atoms with Gasteiger partial charge in [0.1, 0.15) is 0 Å². The topological polar surface area (TPSA) is 89.7 Å². The molecule has 0 aromatic carbocycles. The van der Waals surface area contributed by atoms with Gasteiger partial charge in [-0.15, -0.1) is 0 Å². The molecule has 2 N–H and O–H groups in total. The van der Waals surface area contributed by atoms with Crippen LogP contribution in [-0.4, -0.2) is 42.9 Å². The summed E-state index contributed by atoms with van der Waals surface area (Å²) in [4.78, 5) is 34.8. The Hall–Kier alpha value is -1.59. The first-order chi connectivity index (χ1) is 7.54. The van der Waals surface area contributed by atoms with E-state index in [1.165, 1.54) is 7.11 Å². The molecule has 16 heavy (non-hydrogen) atoms. The van der Waals surface area contributed by atoms with Crippen LogP contribution in [0.2, 0.25) is 0 Å². The van der Waals surface area contributed by atoms with Crippen molar-refractivity contribution in [3.63, 3.8) is 0 Å². The molecule has 0 aromatic rings. The Bertz CT molecular complexity index is 303. The maximum Gasteiger partial charge on any atom is 0.310 e. The Morgan fingerprint density at radius 2 is 2.25 bits per heavy atom. The number of nitrogens with two attached hydrogens (primary N) is 1. The zero-order valence-corrected chi connectivity index (χ0v) is 9.27. The van der Waals surface area contributed by atoms with Gasteiger partial charge < -0.3 is 15.4 Å². The monoisotopic (exact) mass is 228 g/mol. The molecule has 1 unspecified atom stereocenters. The van der Waals surface area contributed by atoms with Crippen molar-refractivity contribution in [2.75, 3.05) is 20.2 Å². The van der Waals surface area contributed by atoms with Crippen LogP contribution in [0.25, 0.3) is 0 Å². The normalized spacial score (nSPS) is 19.9. The van der Waals surface area contributed by atoms with Crippen molar-refractivity contribution in [3.05, 3.63) is 0 Å². The second kappa shape index (κ2) is 5.48. The fraction of sp³-hybridized carbons (Fsp3) is 0.700. The fourth-order valence-electron chi connectivity index (χ4n) is 1.76. The van der Waals surface area contributed by atoms with Gasteiger partial charge in [-0.1, -0.05) is 0 Å². The number of hydrogen-bond acceptors (Lipinski definition) is 4. The highest BCUT2D eigenvalue weighted by Gasteiger charge is 2.34. The predicted octanol–water partition coefficient (Wildman–Crippen LogP) is -0.727. The Morgan fingerprint density at radius 3 is 2.81 bits per heavy atom. The van der Waals surface area contributed by atoms with Gasteiger partial charge in [0.05, 0.1) is 13.0 Å². The van der Waals surface area contributed by atoms with E-state index in [1.807, 2.05) is 0 Å². The van der Waals surface area contributed by atoms with Gasteiger partial charge in [-0.3, -0.25) is 14.4 Å². The van der Waals surface area contributed by atoms with E-state index in [4.69, 9.17) is 5.73 Å². The number of ether oxygens (including phenoxy) is 1. The molecule has 0 aliphatic carbocycles. The SMILES string of the molecule is COC(=O)C1CC(=O)N(CCCC(N)=O)C1. The van der Waals surface area contributed by atoms with Crippen molar-refractivity contribution in [2.45, 2.75) is 19.3 Å². The highest BCUT2D eigenvalue weighted by atomic mass is 16.5. The third-order valence-electron chi connectivity index (χ3n) is 2.60. The lowest BCUT2D eigenvalue weighted by molar-refractivity contribution is -0.145. The van der Waals surface area contributed by atoms with Crippen LogP contribution in [0.4, 0.5) is 0 Å². The number of carbonyl (C=O) groups is 3. The first kappa shape index (κ1) is 12.5. The van der Waals surface area contributed by atoms with Crippen LogP contribution < -0.4 is 5.73 Å². The molecule has 0 saturated carbocycles. The summed E-state index contributed by atoms with van der Waals surface area (Å²) >= 11 is 0. The van der Waals surface area contributed by atoms with E-state index in [0.29, 0.717) is 19.5 Å². The molecule has 1 saturated heterocycles. The highest BCUT2D eigenvalue weighted by molar-refractivity contribution is 5.86. The third-order valence-corrected chi connectivity index (χ3v) is 2.60. The molecule has 0 bridgehead atoms. The van der Waals surface area contributed by atoms with Crippen molar-refractivity contribution in [1.29, 1.82) is 0 Å². The zero-order valence-electron chi connectivity index (χ0n) is 9.27. The Kier molecular flexibility index (Phi) is 4.28. The van der Waals surface area contributed by atoms with E-state index in [0.717, 1.165) is 0 Å². The molecule has 0 aromatic heterocycles. The summed E-state index contributed by atoms with van der Waals surface area (Å²) in [6.07, 6.45) is 0.991. The van der Waals surface area contributed by atoms with Crippen molar-refractivity contribution in [2.24, 2.45) is 11.7 Å². The van der Waals surface area contributed by atoms with E-state index < -0.39 is 0 Å². The summed E-state index contributed by atoms with van der Waals surface area (Å²) in [5, 5.41) is 0. The van der Waals surface area contributed by atoms with Gasteiger partial charge in [0.15, 0.2) is 0 Å². The smallest absolute Gasteiger partial charge is 0.310 e. The van der Waals surface area contributed by atoms with Gasteiger partial charge in [-0.25, -0.2) is 0 Å². The number of primary amides is 1. The molecule has 1 atom stereocenters. The van der Waals surface area contributed by atoms with Crippen LogP contribution >= 0.6 is 0 Å². The first-order valence-corrected chi connectivity index (χ1v) is 5.18. The number of esters is 1. The molecule has 1 aliphatic rings. The maximum atomic E-state index is 11.5. The van der Waals surface area contributed by atoms with Crippen LogP contribution in [0, 0.1) is 5.92 Å². The van der Waals surface area contributed by atoms with Gasteiger partial charge in [-0.05, 0) is 6.42 Å². The summed E-state index contributed by atoms with van der Waals surface area (Å²) in [5.74, 6) is -1.17. The standard InChI is InChI=1S/C10H16N2O4/c1-16-10(15)7-5-9(14)12(6-7)4-2-3-8(11)13/h7H,2-6H2,1H3,(H2,11,13). The number of methoxy groups -OCH3 is 1. The molecule has 0 spiro atoms. The molecule has 6 heteroatoms. The molecule has 1 aliphatic heterocycles. The molecular formula is C10H16N2O4. The average molecular weight is 228 g/mol. The lowest BCUT2D eigenvalue weighted by Gasteiger charge is -2.15. The first-order valence-electron chi connectivity index (χ1n) is 5.18. The fourth-order valence-corrected chi connectivity index (χ4v) is 1.76. The van der Waals surface area contributed by atoms with Crippen LogP contribution in [0.15, 0.2) is 0 Å². The summed E-state index contributed by atoms with van der Waals surface area (Å²) in [7, 11) is 1.31. The average Bonchev–Trinajstić information content (AvgIpc) is 2.59. The van der Waals surface area contributed by atoms with Crippen LogP contribution in [0.3, 0.4) is 0 Å². The molecule has 1 heterocycles. The van der Waals surface area contributed by atoms with Crippen molar-refractivity contribution in [1.82, 2.24) is 4.90 Å². The molecule has 90 valence electrons. The van der Waals surface area contributed by atoms with E-state index >= 15 is 0 Å². The minimum Gasteiger partial charge on any atom is -0.469 e. The molecule has 2 amide bonds. The molecule has 1 fully saturated rings. The lowest BCUT2D eigenvalue weighted by Crippen LogP contribution is -2.28. The van der Waals surface area contributed by atoms with Gasteiger partial charge in [0.25, 0.3) is 0 Å². The van der Waals surface area contributed by atoms with E-state index in [-0.39, 0.29) is 36.5 Å². The van der Waals surface area contributed by atoms with Crippen LogP contribution in [0.1, 0.15) is 19.3 Å². The van der Waals surface area contributed by atoms with Crippen molar-refractivity contribution in [3.8, 4) is 0 Å². The van der Waals surface area contributed by atoms with E-state index in [9.17, 15) is 14.4 Å². The van der Waals surface area contributed by atoms with Gasteiger partial charge in [0, 0.05) is 25.9 Å². The molecule has 0 radical (unpaired) electrons. The number of nitrogens with zero attached hydrogens (tertiary/aromatic N) is 1. The zero-order chi connectivity index (χ0) is 12.1. The van der Waals surface area contributed by atoms with Gasteiger partial charge >= 0.3 is 5.97 Å². The van der Waals surface area contributed by atoms with Crippen molar-refractivity contribution < 1.29 is 19.1 Å². The molecular weight excluding hydrogens is 212 g/mol. The van der Waals surface area contributed by atoms with Gasteiger partial charge in [-0.2, -0.15) is 0 Å². The number of amides is 2. The summed E-state index contributed by atoms with van der Waals surface area (Å²) < 4.78 is 4.58. The minimum atomic E-state index is -0.379. The number of rotatable bonds is 5. The van der Waals surface area contributed by atoms with Crippen LogP contribution in [0.5, 0.6) is 0 Å². The third kappa shape index (κ3) is 3.22. The number of hydrogen-bond donors (Lipinski definition) is 1. The van der Waals surface area contributed by atoms with E-state index in [1.54, 1.807) is 4.90 Å². The summed E-state index contributed by atoms with van der Waals surface area (Å²) in [5.41, 5.74) is 4.99. The number of likely N-dealkylation sites (tertiary alicyclic amines) is 1. The van der Waals surface area contributed by atoms with Crippen molar-refractivity contribution >= 4 is 17.8 Å². The number of carbonyl (C=O) groups excluding carboxylic acids is 3. The predicted molar refractivity (Wildman–Crippen MR) is 55.1 cm³/mol. The van der Waals surface area contributed by atoms with Gasteiger partial charge in [0.2, 0.25) is 11.8 Å². The largest absolute Gasteiger partial charge is 0.469 e. The Morgan fingerprint density at radius 1 is 1.56 bits per heavy atom.